The summed E-state index contributed by atoms with van der Waals surface area (Å²) in [6.07, 6.45) is 0. The standard InChI is InChI=1S/C11H13N3O2S/c1-2-13-9(7-12)8-17-11-5-3-10(4-6-11)14(15)16/h3-6,9,13H,2,8H2,1H3. The highest BCUT2D eigenvalue weighted by Crippen LogP contribution is 2.21. The van der Waals surface area contributed by atoms with Crippen molar-refractivity contribution >= 4 is 17.4 Å². The summed E-state index contributed by atoms with van der Waals surface area (Å²) >= 11 is 1.51. The zero-order chi connectivity index (χ0) is 12.7. The molecule has 0 amide bonds. The van der Waals surface area contributed by atoms with Crippen LogP contribution < -0.4 is 5.32 Å². The summed E-state index contributed by atoms with van der Waals surface area (Å²) in [4.78, 5) is 11.0. The molecule has 0 spiro atoms. The van der Waals surface area contributed by atoms with E-state index in [-0.39, 0.29) is 11.7 Å². The molecule has 90 valence electrons. The molecule has 0 aromatic heterocycles. The first kappa shape index (κ1) is 13.5. The summed E-state index contributed by atoms with van der Waals surface area (Å²) in [5.74, 6) is 0.627. The molecule has 1 aromatic carbocycles. The van der Waals surface area contributed by atoms with Gasteiger partial charge in [-0.15, -0.1) is 11.8 Å². The first-order chi connectivity index (χ1) is 8.17. The van der Waals surface area contributed by atoms with Crippen LogP contribution in [0.15, 0.2) is 29.2 Å². The number of nitriles is 1. The highest BCUT2D eigenvalue weighted by Gasteiger charge is 2.07. The smallest absolute Gasteiger partial charge is 0.269 e. The lowest BCUT2D eigenvalue weighted by Gasteiger charge is -2.08. The Balaban J connectivity index is 2.52. The summed E-state index contributed by atoms with van der Waals surface area (Å²) in [6.45, 7) is 2.69. The third kappa shape index (κ3) is 4.43. The van der Waals surface area contributed by atoms with E-state index in [0.29, 0.717) is 5.75 Å². The van der Waals surface area contributed by atoms with Crippen molar-refractivity contribution in [3.05, 3.63) is 34.4 Å². The van der Waals surface area contributed by atoms with Gasteiger partial charge in [-0.25, -0.2) is 0 Å². The summed E-state index contributed by atoms with van der Waals surface area (Å²) < 4.78 is 0. The predicted molar refractivity (Wildman–Crippen MR) is 66.9 cm³/mol. The molecule has 0 saturated carbocycles. The van der Waals surface area contributed by atoms with Crippen LogP contribution in [0.2, 0.25) is 0 Å². The van der Waals surface area contributed by atoms with E-state index in [9.17, 15) is 10.1 Å². The Labute approximate surface area is 104 Å². The molecule has 0 saturated heterocycles. The van der Waals surface area contributed by atoms with Crippen molar-refractivity contribution in [3.8, 4) is 6.07 Å². The van der Waals surface area contributed by atoms with Crippen molar-refractivity contribution in [3.63, 3.8) is 0 Å². The fraction of sp³-hybridized carbons (Fsp3) is 0.364. The number of nitro benzene ring substituents is 1. The Morgan fingerprint density at radius 2 is 2.18 bits per heavy atom. The fourth-order valence-corrected chi connectivity index (χ4v) is 2.11. The van der Waals surface area contributed by atoms with Crippen LogP contribution >= 0.6 is 11.8 Å². The maximum Gasteiger partial charge on any atom is 0.269 e. The molecular formula is C11H13N3O2S. The van der Waals surface area contributed by atoms with Gasteiger partial charge < -0.3 is 5.32 Å². The van der Waals surface area contributed by atoms with Crippen LogP contribution in [0.1, 0.15) is 6.92 Å². The third-order valence-electron chi connectivity index (χ3n) is 2.07. The van der Waals surface area contributed by atoms with Crippen LogP contribution in [0.3, 0.4) is 0 Å². The number of non-ortho nitro benzene ring substituents is 1. The molecule has 0 heterocycles. The maximum atomic E-state index is 10.5. The molecule has 0 radical (unpaired) electrons. The Kier molecular flexibility index (Phi) is 5.46. The van der Waals surface area contributed by atoms with Crippen molar-refractivity contribution in [1.82, 2.24) is 5.32 Å². The molecule has 17 heavy (non-hydrogen) atoms. The average molecular weight is 251 g/mol. The van der Waals surface area contributed by atoms with Gasteiger partial charge in [0, 0.05) is 22.8 Å². The first-order valence-electron chi connectivity index (χ1n) is 5.17. The van der Waals surface area contributed by atoms with Gasteiger partial charge in [-0.1, -0.05) is 6.92 Å². The zero-order valence-corrected chi connectivity index (χ0v) is 10.2. The normalized spacial score (nSPS) is 11.8. The number of nitro groups is 1. The Morgan fingerprint density at radius 1 is 1.53 bits per heavy atom. The average Bonchev–Trinajstić information content (AvgIpc) is 2.35. The SMILES string of the molecule is CCNC(C#N)CSc1ccc([N+](=O)[O-])cc1. The highest BCUT2D eigenvalue weighted by molar-refractivity contribution is 7.99. The van der Waals surface area contributed by atoms with E-state index in [0.717, 1.165) is 11.4 Å². The molecule has 1 N–H and O–H groups in total. The number of hydrogen-bond donors (Lipinski definition) is 1. The van der Waals surface area contributed by atoms with Gasteiger partial charge in [0.15, 0.2) is 0 Å². The number of nitrogens with one attached hydrogen (secondary N) is 1. The van der Waals surface area contributed by atoms with Crippen molar-refractivity contribution in [2.45, 2.75) is 17.9 Å². The van der Waals surface area contributed by atoms with Gasteiger partial charge in [-0.05, 0) is 18.7 Å². The predicted octanol–water partition coefficient (Wildman–Crippen LogP) is 2.19. The molecule has 5 nitrogen and oxygen atoms in total. The lowest BCUT2D eigenvalue weighted by atomic mass is 10.3. The van der Waals surface area contributed by atoms with Gasteiger partial charge in [0.2, 0.25) is 0 Å². The minimum Gasteiger partial charge on any atom is -0.302 e. The zero-order valence-electron chi connectivity index (χ0n) is 9.42. The summed E-state index contributed by atoms with van der Waals surface area (Å²) in [5.41, 5.74) is 0.0814. The van der Waals surface area contributed by atoms with Gasteiger partial charge in [0.25, 0.3) is 5.69 Å². The molecule has 0 aliphatic rings. The number of nitrogens with zero attached hydrogens (tertiary/aromatic N) is 2. The van der Waals surface area contributed by atoms with Crippen LogP contribution in [0.25, 0.3) is 0 Å². The topological polar surface area (TPSA) is 79.0 Å². The second kappa shape index (κ2) is 6.89. The fourth-order valence-electron chi connectivity index (χ4n) is 1.23. The summed E-state index contributed by atoms with van der Waals surface area (Å²) in [6, 6.07) is 8.30. The number of benzene rings is 1. The van der Waals surface area contributed by atoms with Gasteiger partial charge in [0.1, 0.15) is 6.04 Å². The second-order valence-corrected chi connectivity index (χ2v) is 4.39. The van der Waals surface area contributed by atoms with E-state index in [1.165, 1.54) is 23.9 Å². The minimum atomic E-state index is -0.425. The lowest BCUT2D eigenvalue weighted by Crippen LogP contribution is -2.29. The maximum absolute atomic E-state index is 10.5. The van der Waals surface area contributed by atoms with Crippen LogP contribution in [0.5, 0.6) is 0 Å². The molecule has 1 aromatic rings. The monoisotopic (exact) mass is 251 g/mol. The molecule has 0 bridgehead atoms. The summed E-state index contributed by atoms with van der Waals surface area (Å²) in [5, 5.41) is 22.3. The number of hydrogen-bond acceptors (Lipinski definition) is 5. The second-order valence-electron chi connectivity index (χ2n) is 3.30. The van der Waals surface area contributed by atoms with Crippen LogP contribution in [0.4, 0.5) is 5.69 Å². The van der Waals surface area contributed by atoms with E-state index in [4.69, 9.17) is 5.26 Å². The molecule has 1 atom stereocenters. The highest BCUT2D eigenvalue weighted by atomic mass is 32.2. The van der Waals surface area contributed by atoms with Gasteiger partial charge >= 0.3 is 0 Å². The molecule has 0 aliphatic carbocycles. The van der Waals surface area contributed by atoms with E-state index in [1.54, 1.807) is 12.1 Å². The number of thioether (sulfide) groups is 1. The molecule has 0 fully saturated rings. The van der Waals surface area contributed by atoms with Crippen LogP contribution in [-0.4, -0.2) is 23.3 Å². The molecule has 1 rings (SSSR count). The first-order valence-corrected chi connectivity index (χ1v) is 6.16. The molecule has 0 aliphatic heterocycles. The van der Waals surface area contributed by atoms with E-state index in [2.05, 4.69) is 11.4 Å². The van der Waals surface area contributed by atoms with Crippen molar-refractivity contribution in [1.29, 1.82) is 5.26 Å². The largest absolute Gasteiger partial charge is 0.302 e. The van der Waals surface area contributed by atoms with Crippen molar-refractivity contribution < 1.29 is 4.92 Å². The molecule has 6 heteroatoms. The van der Waals surface area contributed by atoms with E-state index >= 15 is 0 Å². The Morgan fingerprint density at radius 3 is 2.65 bits per heavy atom. The molecular weight excluding hydrogens is 238 g/mol. The molecule has 1 unspecified atom stereocenters. The van der Waals surface area contributed by atoms with Gasteiger partial charge in [0.05, 0.1) is 11.0 Å². The minimum absolute atomic E-state index is 0.0814. The van der Waals surface area contributed by atoms with Crippen LogP contribution in [0, 0.1) is 21.4 Å². The van der Waals surface area contributed by atoms with Crippen LogP contribution in [-0.2, 0) is 0 Å². The van der Waals surface area contributed by atoms with E-state index in [1.807, 2.05) is 6.92 Å². The van der Waals surface area contributed by atoms with Crippen molar-refractivity contribution in [2.75, 3.05) is 12.3 Å². The number of rotatable bonds is 6. The third-order valence-corrected chi connectivity index (χ3v) is 3.18. The Bertz CT molecular complexity index is 414. The Hall–Kier alpha value is -1.58. The van der Waals surface area contributed by atoms with Gasteiger partial charge in [-0.3, -0.25) is 10.1 Å². The van der Waals surface area contributed by atoms with Crippen molar-refractivity contribution in [2.24, 2.45) is 0 Å². The van der Waals surface area contributed by atoms with Gasteiger partial charge in [-0.2, -0.15) is 5.26 Å². The summed E-state index contributed by atoms with van der Waals surface area (Å²) in [7, 11) is 0. The van der Waals surface area contributed by atoms with E-state index < -0.39 is 4.92 Å². The quantitative estimate of drug-likeness (QED) is 0.476. The lowest BCUT2D eigenvalue weighted by molar-refractivity contribution is -0.384.